The SMILES string of the molecule is CCn1c(CNC(=O)Cc2ccc(OC)cc2)nnc1SCC(=O)Nc1cccc(F)c1. The van der Waals surface area contributed by atoms with Gasteiger partial charge >= 0.3 is 0 Å². The number of halogens is 1. The third-order valence-corrected chi connectivity index (χ3v) is 5.48. The lowest BCUT2D eigenvalue weighted by Crippen LogP contribution is -2.26. The summed E-state index contributed by atoms with van der Waals surface area (Å²) in [7, 11) is 1.59. The van der Waals surface area contributed by atoms with Gasteiger partial charge in [-0.2, -0.15) is 0 Å². The summed E-state index contributed by atoms with van der Waals surface area (Å²) in [4.78, 5) is 24.4. The van der Waals surface area contributed by atoms with Gasteiger partial charge in [0.25, 0.3) is 0 Å². The molecule has 32 heavy (non-hydrogen) atoms. The van der Waals surface area contributed by atoms with Crippen LogP contribution >= 0.6 is 11.8 Å². The number of amides is 2. The average Bonchev–Trinajstić information content (AvgIpc) is 3.18. The van der Waals surface area contributed by atoms with E-state index in [-0.39, 0.29) is 30.5 Å². The van der Waals surface area contributed by atoms with Crippen LogP contribution in [0.15, 0.2) is 53.7 Å². The molecule has 0 aliphatic rings. The van der Waals surface area contributed by atoms with E-state index in [1.165, 1.54) is 30.0 Å². The fraction of sp³-hybridized carbons (Fsp3) is 0.273. The summed E-state index contributed by atoms with van der Waals surface area (Å²) in [6.07, 6.45) is 0.242. The Kier molecular flexibility index (Phi) is 8.20. The fourth-order valence-electron chi connectivity index (χ4n) is 2.94. The lowest BCUT2D eigenvalue weighted by atomic mass is 10.1. The molecule has 10 heteroatoms. The highest BCUT2D eigenvalue weighted by Gasteiger charge is 2.14. The second kappa shape index (κ2) is 11.3. The third kappa shape index (κ3) is 6.55. The molecule has 1 heterocycles. The number of rotatable bonds is 10. The van der Waals surface area contributed by atoms with Crippen LogP contribution in [0.2, 0.25) is 0 Å². The molecule has 0 radical (unpaired) electrons. The van der Waals surface area contributed by atoms with Crippen LogP contribution in [0.1, 0.15) is 18.3 Å². The van der Waals surface area contributed by atoms with Gasteiger partial charge in [-0.25, -0.2) is 4.39 Å². The summed E-state index contributed by atoms with van der Waals surface area (Å²) in [6.45, 7) is 2.75. The Bertz CT molecular complexity index is 1070. The zero-order chi connectivity index (χ0) is 22.9. The zero-order valence-electron chi connectivity index (χ0n) is 17.8. The quantitative estimate of drug-likeness (QED) is 0.454. The number of nitrogens with zero attached hydrogens (tertiary/aromatic N) is 3. The highest BCUT2D eigenvalue weighted by atomic mass is 32.2. The lowest BCUT2D eigenvalue weighted by molar-refractivity contribution is -0.120. The largest absolute Gasteiger partial charge is 0.497 e. The molecule has 0 saturated carbocycles. The Hall–Kier alpha value is -3.40. The molecular formula is C22H24FN5O3S. The molecule has 0 fully saturated rings. The van der Waals surface area contributed by atoms with Crippen LogP contribution in [-0.2, 0) is 29.1 Å². The predicted octanol–water partition coefficient (Wildman–Crippen LogP) is 3.04. The van der Waals surface area contributed by atoms with E-state index >= 15 is 0 Å². The lowest BCUT2D eigenvalue weighted by Gasteiger charge is -2.09. The topological polar surface area (TPSA) is 98.1 Å². The van der Waals surface area contributed by atoms with Crippen molar-refractivity contribution in [3.63, 3.8) is 0 Å². The molecule has 3 rings (SSSR count). The Balaban J connectivity index is 1.51. The van der Waals surface area contributed by atoms with Crippen LogP contribution < -0.4 is 15.4 Å². The van der Waals surface area contributed by atoms with Crippen LogP contribution in [-0.4, -0.2) is 39.4 Å². The number of anilines is 1. The van der Waals surface area contributed by atoms with Crippen LogP contribution in [0.3, 0.4) is 0 Å². The van der Waals surface area contributed by atoms with Gasteiger partial charge in [0.1, 0.15) is 11.6 Å². The molecule has 0 spiro atoms. The first kappa shape index (κ1) is 23.3. The van der Waals surface area contributed by atoms with E-state index in [0.29, 0.717) is 23.2 Å². The maximum atomic E-state index is 13.2. The smallest absolute Gasteiger partial charge is 0.234 e. The van der Waals surface area contributed by atoms with Crippen molar-refractivity contribution in [2.75, 3.05) is 18.2 Å². The highest BCUT2D eigenvalue weighted by molar-refractivity contribution is 7.99. The van der Waals surface area contributed by atoms with E-state index in [1.54, 1.807) is 13.2 Å². The van der Waals surface area contributed by atoms with Crippen LogP contribution in [0.4, 0.5) is 10.1 Å². The summed E-state index contributed by atoms with van der Waals surface area (Å²) in [5.41, 5.74) is 1.27. The van der Waals surface area contributed by atoms with E-state index in [2.05, 4.69) is 20.8 Å². The van der Waals surface area contributed by atoms with Gasteiger partial charge in [-0.3, -0.25) is 9.59 Å². The summed E-state index contributed by atoms with van der Waals surface area (Å²) in [5, 5.41) is 14.3. The number of nitrogens with one attached hydrogen (secondary N) is 2. The van der Waals surface area contributed by atoms with Gasteiger partial charge < -0.3 is 19.9 Å². The van der Waals surface area contributed by atoms with Crippen molar-refractivity contribution in [3.05, 3.63) is 65.7 Å². The molecule has 0 atom stereocenters. The Labute approximate surface area is 189 Å². The summed E-state index contributed by atoms with van der Waals surface area (Å²) < 4.78 is 20.2. The van der Waals surface area contributed by atoms with E-state index < -0.39 is 5.82 Å². The Morgan fingerprint density at radius 2 is 1.91 bits per heavy atom. The summed E-state index contributed by atoms with van der Waals surface area (Å²) in [6, 6.07) is 13.0. The van der Waals surface area contributed by atoms with Gasteiger partial charge in [-0.05, 0) is 42.8 Å². The van der Waals surface area contributed by atoms with Crippen LogP contribution in [0.25, 0.3) is 0 Å². The van der Waals surface area contributed by atoms with Crippen molar-refractivity contribution in [1.82, 2.24) is 20.1 Å². The van der Waals surface area contributed by atoms with Gasteiger partial charge in [0.15, 0.2) is 11.0 Å². The van der Waals surface area contributed by atoms with Crippen molar-refractivity contribution in [2.45, 2.75) is 31.6 Å². The molecule has 168 valence electrons. The van der Waals surface area contributed by atoms with Crippen molar-refractivity contribution >= 4 is 29.3 Å². The van der Waals surface area contributed by atoms with E-state index in [4.69, 9.17) is 4.74 Å². The number of hydrogen-bond donors (Lipinski definition) is 2. The number of benzene rings is 2. The second-order valence-electron chi connectivity index (χ2n) is 6.79. The van der Waals surface area contributed by atoms with Crippen molar-refractivity contribution in [1.29, 1.82) is 0 Å². The van der Waals surface area contributed by atoms with E-state index in [1.807, 2.05) is 35.8 Å². The predicted molar refractivity (Wildman–Crippen MR) is 120 cm³/mol. The molecule has 8 nitrogen and oxygen atoms in total. The highest BCUT2D eigenvalue weighted by Crippen LogP contribution is 2.18. The van der Waals surface area contributed by atoms with Crippen molar-refractivity contribution in [2.24, 2.45) is 0 Å². The molecular weight excluding hydrogens is 433 g/mol. The van der Waals surface area contributed by atoms with E-state index in [9.17, 15) is 14.0 Å². The molecule has 2 amide bonds. The van der Waals surface area contributed by atoms with Gasteiger partial charge in [-0.1, -0.05) is 30.0 Å². The fourth-order valence-corrected chi connectivity index (χ4v) is 3.76. The number of methoxy groups -OCH3 is 1. The van der Waals surface area contributed by atoms with Crippen LogP contribution in [0, 0.1) is 5.82 Å². The van der Waals surface area contributed by atoms with Gasteiger partial charge in [0.2, 0.25) is 11.8 Å². The molecule has 1 aromatic heterocycles. The maximum Gasteiger partial charge on any atom is 0.234 e. The molecule has 2 aromatic carbocycles. The molecule has 3 aromatic rings. The number of carbonyl (C=O) groups is 2. The molecule has 0 bridgehead atoms. The third-order valence-electron chi connectivity index (χ3n) is 4.52. The number of aromatic nitrogens is 3. The monoisotopic (exact) mass is 457 g/mol. The first-order chi connectivity index (χ1) is 15.5. The van der Waals surface area contributed by atoms with Gasteiger partial charge in [0.05, 0.1) is 25.8 Å². The number of ether oxygens (including phenoxy) is 1. The minimum absolute atomic E-state index is 0.0957. The summed E-state index contributed by atoms with van der Waals surface area (Å²) >= 11 is 1.22. The second-order valence-corrected chi connectivity index (χ2v) is 7.73. The number of hydrogen-bond acceptors (Lipinski definition) is 6. The average molecular weight is 458 g/mol. The minimum Gasteiger partial charge on any atom is -0.497 e. The number of carbonyl (C=O) groups excluding carboxylic acids is 2. The number of thioether (sulfide) groups is 1. The zero-order valence-corrected chi connectivity index (χ0v) is 18.6. The minimum atomic E-state index is -0.417. The molecule has 0 aliphatic carbocycles. The molecule has 0 unspecified atom stereocenters. The maximum absolute atomic E-state index is 13.2. The summed E-state index contributed by atoms with van der Waals surface area (Å²) in [5.74, 6) is 0.604. The normalized spacial score (nSPS) is 10.6. The Morgan fingerprint density at radius 3 is 2.59 bits per heavy atom. The van der Waals surface area contributed by atoms with Crippen LogP contribution in [0.5, 0.6) is 5.75 Å². The van der Waals surface area contributed by atoms with Gasteiger partial charge in [0, 0.05) is 12.2 Å². The first-order valence-electron chi connectivity index (χ1n) is 9.98. The van der Waals surface area contributed by atoms with Crippen molar-refractivity contribution in [3.8, 4) is 5.75 Å². The van der Waals surface area contributed by atoms with Crippen molar-refractivity contribution < 1.29 is 18.7 Å². The standard InChI is InChI=1S/C22H24FN5O3S/c1-3-28-19(13-24-20(29)11-15-7-9-18(31-2)10-8-15)26-27-22(28)32-14-21(30)25-17-6-4-5-16(23)12-17/h4-10,12H,3,11,13-14H2,1-2H3,(H,24,29)(H,25,30). The first-order valence-corrected chi connectivity index (χ1v) is 11.0. The Morgan fingerprint density at radius 1 is 1.12 bits per heavy atom. The van der Waals surface area contributed by atoms with Gasteiger partial charge in [-0.15, -0.1) is 10.2 Å². The molecule has 2 N–H and O–H groups in total. The molecule has 0 aliphatic heterocycles. The van der Waals surface area contributed by atoms with E-state index in [0.717, 1.165) is 11.3 Å². The molecule has 0 saturated heterocycles.